The number of hydrogen-bond donors (Lipinski definition) is 2. The molecule has 0 saturated carbocycles. The highest BCUT2D eigenvalue weighted by atomic mass is 32.1. The molecule has 2 heterocycles. The first-order chi connectivity index (χ1) is 12.3. The lowest BCUT2D eigenvalue weighted by molar-refractivity contribution is -0.137. The normalized spacial score (nSPS) is 14.6. The Balaban J connectivity index is 1.59. The summed E-state index contributed by atoms with van der Waals surface area (Å²) < 4.78 is 38.7. The van der Waals surface area contributed by atoms with Crippen LogP contribution in [0, 0.1) is 0 Å². The number of hydrogen-bond acceptors (Lipinski definition) is 5. The molecule has 10 heteroatoms. The van der Waals surface area contributed by atoms with Gasteiger partial charge in [0.25, 0.3) is 0 Å². The number of thiazole rings is 1. The lowest BCUT2D eigenvalue weighted by Gasteiger charge is -2.14. The van der Waals surface area contributed by atoms with Crippen molar-refractivity contribution in [3.8, 4) is 0 Å². The number of hydrazine groups is 1. The third kappa shape index (κ3) is 4.13. The van der Waals surface area contributed by atoms with E-state index in [0.29, 0.717) is 23.8 Å². The van der Waals surface area contributed by atoms with E-state index in [2.05, 4.69) is 15.8 Å². The molecule has 0 bridgehead atoms. The molecule has 0 spiro atoms. The molecule has 26 heavy (non-hydrogen) atoms. The maximum Gasteiger partial charge on any atom is 0.418 e. The minimum absolute atomic E-state index is 0.000718. The summed E-state index contributed by atoms with van der Waals surface area (Å²) in [5.41, 5.74) is 3.88. The van der Waals surface area contributed by atoms with E-state index in [0.717, 1.165) is 12.5 Å². The molecular weight excluding hydrogens is 369 g/mol. The van der Waals surface area contributed by atoms with Gasteiger partial charge in [0.15, 0.2) is 5.13 Å². The Labute approximate surface area is 151 Å². The summed E-state index contributed by atoms with van der Waals surface area (Å²) in [5, 5.41) is 2.19. The van der Waals surface area contributed by atoms with E-state index >= 15 is 0 Å². The van der Waals surface area contributed by atoms with Gasteiger partial charge < -0.3 is 0 Å². The standard InChI is InChI=1S/C16H15F3N4O2S/c17-16(18,19)11-4-1-2-5-12(11)21-22-13(24)8-10-9-26-15(20-10)23-7-3-6-14(23)25/h1-2,4-5,9,21H,3,6-8H2,(H,22,24). The number of aromatic nitrogens is 1. The molecule has 0 atom stereocenters. The molecule has 138 valence electrons. The lowest BCUT2D eigenvalue weighted by Crippen LogP contribution is -2.32. The second kappa shape index (κ2) is 7.32. The number of halogens is 3. The van der Waals surface area contributed by atoms with Crippen molar-refractivity contribution in [3.63, 3.8) is 0 Å². The van der Waals surface area contributed by atoms with Crippen LogP contribution >= 0.6 is 11.3 Å². The number of nitrogens with one attached hydrogen (secondary N) is 2. The molecular formula is C16H15F3N4O2S. The van der Waals surface area contributed by atoms with Crippen molar-refractivity contribution in [2.24, 2.45) is 0 Å². The van der Waals surface area contributed by atoms with Gasteiger partial charge >= 0.3 is 6.18 Å². The quantitative estimate of drug-likeness (QED) is 0.778. The third-order valence-corrected chi connectivity index (χ3v) is 4.67. The van der Waals surface area contributed by atoms with E-state index in [1.165, 1.54) is 29.5 Å². The molecule has 1 aliphatic rings. The second-order valence-corrected chi connectivity index (χ2v) is 6.50. The summed E-state index contributed by atoms with van der Waals surface area (Å²) in [6, 6.07) is 4.85. The number of carbonyl (C=O) groups is 2. The van der Waals surface area contributed by atoms with Crippen LogP contribution in [0.1, 0.15) is 24.1 Å². The lowest BCUT2D eigenvalue weighted by atomic mass is 10.2. The average Bonchev–Trinajstić information content (AvgIpc) is 3.21. The number of carbonyl (C=O) groups excluding carboxylic acids is 2. The first-order valence-electron chi connectivity index (χ1n) is 7.80. The molecule has 1 saturated heterocycles. The summed E-state index contributed by atoms with van der Waals surface area (Å²) in [4.78, 5) is 29.5. The Morgan fingerprint density at radius 1 is 1.31 bits per heavy atom. The molecule has 1 aromatic carbocycles. The fourth-order valence-corrected chi connectivity index (χ4v) is 3.40. The number of para-hydroxylation sites is 1. The zero-order chi connectivity index (χ0) is 18.7. The van der Waals surface area contributed by atoms with Gasteiger partial charge in [0.05, 0.1) is 23.4 Å². The number of amides is 2. The molecule has 2 aromatic rings. The predicted octanol–water partition coefficient (Wildman–Crippen LogP) is 2.97. The van der Waals surface area contributed by atoms with Gasteiger partial charge in [0, 0.05) is 18.3 Å². The molecule has 0 aliphatic carbocycles. The third-order valence-electron chi connectivity index (χ3n) is 3.75. The average molecular weight is 384 g/mol. The molecule has 0 unspecified atom stereocenters. The van der Waals surface area contributed by atoms with Gasteiger partial charge in [-0.25, -0.2) is 4.98 Å². The zero-order valence-corrected chi connectivity index (χ0v) is 14.3. The van der Waals surface area contributed by atoms with Crippen molar-refractivity contribution in [2.75, 3.05) is 16.9 Å². The smallest absolute Gasteiger partial charge is 0.298 e. The highest BCUT2D eigenvalue weighted by Crippen LogP contribution is 2.34. The minimum Gasteiger partial charge on any atom is -0.298 e. The number of nitrogens with zero attached hydrogens (tertiary/aromatic N) is 2. The zero-order valence-electron chi connectivity index (χ0n) is 13.5. The van der Waals surface area contributed by atoms with Crippen LogP contribution in [-0.2, 0) is 22.2 Å². The Hall–Kier alpha value is -2.62. The maximum absolute atomic E-state index is 12.9. The number of anilines is 2. The highest BCUT2D eigenvalue weighted by molar-refractivity contribution is 7.14. The van der Waals surface area contributed by atoms with E-state index in [9.17, 15) is 22.8 Å². The van der Waals surface area contributed by atoms with Gasteiger partial charge in [-0.3, -0.25) is 25.3 Å². The topological polar surface area (TPSA) is 74.3 Å². The van der Waals surface area contributed by atoms with Crippen molar-refractivity contribution >= 4 is 34.0 Å². The molecule has 2 amide bonds. The van der Waals surface area contributed by atoms with E-state index in [1.807, 2.05) is 0 Å². The number of benzene rings is 1. The largest absolute Gasteiger partial charge is 0.418 e. The molecule has 2 N–H and O–H groups in total. The maximum atomic E-state index is 12.9. The number of alkyl halides is 3. The van der Waals surface area contributed by atoms with E-state index in [4.69, 9.17) is 0 Å². The van der Waals surface area contributed by atoms with Gasteiger partial charge in [0.1, 0.15) is 0 Å². The van der Waals surface area contributed by atoms with Crippen LogP contribution in [0.5, 0.6) is 0 Å². The molecule has 1 aromatic heterocycles. The number of rotatable bonds is 5. The van der Waals surface area contributed by atoms with Gasteiger partial charge in [0.2, 0.25) is 11.8 Å². The van der Waals surface area contributed by atoms with Crippen molar-refractivity contribution in [3.05, 3.63) is 40.9 Å². The molecule has 6 nitrogen and oxygen atoms in total. The first kappa shape index (κ1) is 18.2. The fraction of sp³-hybridized carbons (Fsp3) is 0.312. The molecule has 3 rings (SSSR count). The SMILES string of the molecule is O=C(Cc1csc(N2CCCC2=O)n1)NNc1ccccc1C(F)(F)F. The Morgan fingerprint density at radius 2 is 2.08 bits per heavy atom. The summed E-state index contributed by atoms with van der Waals surface area (Å²) in [6.45, 7) is 0.605. The van der Waals surface area contributed by atoms with E-state index < -0.39 is 17.6 Å². The summed E-state index contributed by atoms with van der Waals surface area (Å²) >= 11 is 1.26. The predicted molar refractivity (Wildman–Crippen MR) is 90.6 cm³/mol. The van der Waals surface area contributed by atoms with Crippen molar-refractivity contribution < 1.29 is 22.8 Å². The highest BCUT2D eigenvalue weighted by Gasteiger charge is 2.33. The van der Waals surface area contributed by atoms with Crippen molar-refractivity contribution in [1.82, 2.24) is 10.4 Å². The second-order valence-electron chi connectivity index (χ2n) is 5.66. The van der Waals surface area contributed by atoms with Crippen LogP contribution in [0.15, 0.2) is 29.6 Å². The van der Waals surface area contributed by atoms with Crippen LogP contribution in [-0.4, -0.2) is 23.3 Å². The molecule has 1 fully saturated rings. The Bertz CT molecular complexity index is 822. The first-order valence-corrected chi connectivity index (χ1v) is 8.68. The Morgan fingerprint density at radius 3 is 2.77 bits per heavy atom. The van der Waals surface area contributed by atoms with Gasteiger partial charge in [-0.15, -0.1) is 11.3 Å². The van der Waals surface area contributed by atoms with Gasteiger partial charge in [-0.05, 0) is 18.6 Å². The van der Waals surface area contributed by atoms with Crippen LogP contribution in [0.3, 0.4) is 0 Å². The van der Waals surface area contributed by atoms with Crippen LogP contribution in [0.25, 0.3) is 0 Å². The van der Waals surface area contributed by atoms with Crippen molar-refractivity contribution in [1.29, 1.82) is 0 Å². The van der Waals surface area contributed by atoms with E-state index in [-0.39, 0.29) is 18.0 Å². The summed E-state index contributed by atoms with van der Waals surface area (Å²) in [5.74, 6) is -0.535. The van der Waals surface area contributed by atoms with E-state index in [1.54, 1.807) is 10.3 Å². The minimum atomic E-state index is -4.53. The van der Waals surface area contributed by atoms with Crippen LogP contribution in [0.2, 0.25) is 0 Å². The molecule has 0 radical (unpaired) electrons. The van der Waals surface area contributed by atoms with Crippen molar-refractivity contribution in [2.45, 2.75) is 25.4 Å². The monoisotopic (exact) mass is 384 g/mol. The fourth-order valence-electron chi connectivity index (χ4n) is 2.54. The van der Waals surface area contributed by atoms with Gasteiger partial charge in [-0.1, -0.05) is 12.1 Å². The van der Waals surface area contributed by atoms with Crippen LogP contribution < -0.4 is 15.8 Å². The Kier molecular flexibility index (Phi) is 5.12. The summed E-state index contributed by atoms with van der Waals surface area (Å²) in [6.07, 6.45) is -3.38. The summed E-state index contributed by atoms with van der Waals surface area (Å²) in [7, 11) is 0. The molecule has 1 aliphatic heterocycles. The van der Waals surface area contributed by atoms with Crippen LogP contribution in [0.4, 0.5) is 24.0 Å². The van der Waals surface area contributed by atoms with Gasteiger partial charge in [-0.2, -0.15) is 13.2 Å².